The molecular formula is C23H25N3O5. The van der Waals surface area contributed by atoms with Gasteiger partial charge >= 0.3 is 0 Å². The van der Waals surface area contributed by atoms with Gasteiger partial charge in [-0.1, -0.05) is 12.1 Å². The predicted octanol–water partition coefficient (Wildman–Crippen LogP) is 1.97. The summed E-state index contributed by atoms with van der Waals surface area (Å²) in [4.78, 5) is 40.9. The van der Waals surface area contributed by atoms with Gasteiger partial charge in [-0.3, -0.25) is 19.3 Å². The number of rotatable bonds is 6. The quantitative estimate of drug-likeness (QED) is 0.768. The normalized spacial score (nSPS) is 15.3. The maximum Gasteiger partial charge on any atom is 0.265 e. The molecule has 4 rings (SSSR count). The molecule has 8 heteroatoms. The lowest BCUT2D eigenvalue weighted by molar-refractivity contribution is -0.131. The van der Waals surface area contributed by atoms with E-state index in [2.05, 4.69) is 5.32 Å². The maximum atomic E-state index is 12.7. The third kappa shape index (κ3) is 4.63. The van der Waals surface area contributed by atoms with Gasteiger partial charge in [0.05, 0.1) is 12.8 Å². The summed E-state index contributed by atoms with van der Waals surface area (Å²) in [6.45, 7) is 1.62. The molecule has 2 aromatic rings. The van der Waals surface area contributed by atoms with Gasteiger partial charge in [0.15, 0.2) is 6.61 Å². The fourth-order valence-electron chi connectivity index (χ4n) is 3.75. The average Bonchev–Trinajstić information content (AvgIpc) is 3.34. The summed E-state index contributed by atoms with van der Waals surface area (Å²) in [6.07, 6.45) is 1.97. The number of benzene rings is 2. The molecule has 0 unspecified atom stereocenters. The van der Waals surface area contributed by atoms with E-state index in [0.29, 0.717) is 23.5 Å². The third-order valence-corrected chi connectivity index (χ3v) is 5.53. The van der Waals surface area contributed by atoms with Crippen molar-refractivity contribution in [1.82, 2.24) is 10.2 Å². The Morgan fingerprint density at radius 1 is 1.10 bits per heavy atom. The van der Waals surface area contributed by atoms with E-state index in [4.69, 9.17) is 9.47 Å². The molecule has 2 aromatic carbocycles. The van der Waals surface area contributed by atoms with E-state index in [1.807, 2.05) is 24.3 Å². The Balaban J connectivity index is 1.47. The van der Waals surface area contributed by atoms with E-state index < -0.39 is 0 Å². The second kappa shape index (κ2) is 9.07. The zero-order valence-corrected chi connectivity index (χ0v) is 17.4. The molecule has 0 radical (unpaired) electrons. The highest BCUT2D eigenvalue weighted by Crippen LogP contribution is 2.33. The summed E-state index contributed by atoms with van der Waals surface area (Å²) in [5.74, 6) is 0.574. The standard InChI is InChI=1S/C23H25N3O5/c1-30-18-7-4-16(5-8-18)13-24-23(29)17-6-9-20-19(12-17)26(22(28)15-31-20)14-21(27)25-10-2-3-11-25/h4-9,12H,2-3,10-11,13-15H2,1H3,(H,24,29). The van der Waals surface area contributed by atoms with Crippen LogP contribution >= 0.6 is 0 Å². The lowest BCUT2D eigenvalue weighted by atomic mass is 10.1. The van der Waals surface area contributed by atoms with Gasteiger partial charge < -0.3 is 19.7 Å². The van der Waals surface area contributed by atoms with Gasteiger partial charge in [0, 0.05) is 25.2 Å². The van der Waals surface area contributed by atoms with Crippen LogP contribution in [0.1, 0.15) is 28.8 Å². The molecule has 1 fully saturated rings. The number of hydrogen-bond donors (Lipinski definition) is 1. The Morgan fingerprint density at radius 2 is 1.84 bits per heavy atom. The van der Waals surface area contributed by atoms with Crippen LogP contribution in [0.5, 0.6) is 11.5 Å². The van der Waals surface area contributed by atoms with Crippen molar-refractivity contribution in [3.05, 3.63) is 53.6 Å². The van der Waals surface area contributed by atoms with Gasteiger partial charge in [-0.05, 0) is 48.7 Å². The van der Waals surface area contributed by atoms with Crippen LogP contribution in [0.4, 0.5) is 5.69 Å². The van der Waals surface area contributed by atoms with Crippen molar-refractivity contribution in [3.63, 3.8) is 0 Å². The van der Waals surface area contributed by atoms with Crippen LogP contribution in [-0.4, -0.2) is 56.0 Å². The first-order valence-corrected chi connectivity index (χ1v) is 10.3. The molecule has 8 nitrogen and oxygen atoms in total. The largest absolute Gasteiger partial charge is 0.497 e. The number of hydrogen-bond acceptors (Lipinski definition) is 5. The van der Waals surface area contributed by atoms with Gasteiger partial charge in [-0.25, -0.2) is 0 Å². The highest BCUT2D eigenvalue weighted by atomic mass is 16.5. The van der Waals surface area contributed by atoms with Crippen molar-refractivity contribution in [2.75, 3.05) is 38.3 Å². The molecule has 0 bridgehead atoms. The Hall–Kier alpha value is -3.55. The van der Waals surface area contributed by atoms with Crippen molar-refractivity contribution in [2.24, 2.45) is 0 Å². The summed E-state index contributed by atoms with van der Waals surface area (Å²) in [7, 11) is 1.60. The van der Waals surface area contributed by atoms with Crippen LogP contribution in [0.25, 0.3) is 0 Å². The second-order valence-corrected chi connectivity index (χ2v) is 7.57. The third-order valence-electron chi connectivity index (χ3n) is 5.53. The number of likely N-dealkylation sites (tertiary alicyclic amines) is 1. The molecule has 162 valence electrons. The lowest BCUT2D eigenvalue weighted by Crippen LogP contribution is -2.46. The molecule has 2 aliphatic heterocycles. The molecule has 1 N–H and O–H groups in total. The molecule has 2 heterocycles. The van der Waals surface area contributed by atoms with E-state index in [-0.39, 0.29) is 30.9 Å². The molecule has 31 heavy (non-hydrogen) atoms. The average molecular weight is 423 g/mol. The van der Waals surface area contributed by atoms with Crippen molar-refractivity contribution in [1.29, 1.82) is 0 Å². The highest BCUT2D eigenvalue weighted by molar-refractivity contribution is 6.04. The zero-order valence-electron chi connectivity index (χ0n) is 17.4. The summed E-state index contributed by atoms with van der Waals surface area (Å²) in [5.41, 5.74) is 1.77. The molecular weight excluding hydrogens is 398 g/mol. The topological polar surface area (TPSA) is 88.2 Å². The number of carbonyl (C=O) groups excluding carboxylic acids is 3. The van der Waals surface area contributed by atoms with Crippen LogP contribution < -0.4 is 19.7 Å². The van der Waals surface area contributed by atoms with Crippen molar-refractivity contribution in [2.45, 2.75) is 19.4 Å². The Bertz CT molecular complexity index is 983. The minimum absolute atomic E-state index is 0.0495. The smallest absolute Gasteiger partial charge is 0.265 e. The maximum absolute atomic E-state index is 12.7. The summed E-state index contributed by atoms with van der Waals surface area (Å²) >= 11 is 0. The first kappa shape index (κ1) is 20.7. The monoisotopic (exact) mass is 423 g/mol. The van der Waals surface area contributed by atoms with Gasteiger partial charge in [-0.15, -0.1) is 0 Å². The minimum atomic E-state index is -0.296. The Kier molecular flexibility index (Phi) is 6.06. The number of anilines is 1. The number of nitrogens with zero attached hydrogens (tertiary/aromatic N) is 2. The van der Waals surface area contributed by atoms with Gasteiger partial charge in [-0.2, -0.15) is 0 Å². The number of ether oxygens (including phenoxy) is 2. The summed E-state index contributed by atoms with van der Waals surface area (Å²) < 4.78 is 10.6. The van der Waals surface area contributed by atoms with Crippen LogP contribution in [-0.2, 0) is 16.1 Å². The molecule has 3 amide bonds. The van der Waals surface area contributed by atoms with E-state index in [9.17, 15) is 14.4 Å². The Labute approximate surface area is 180 Å². The fraction of sp³-hybridized carbons (Fsp3) is 0.348. The number of fused-ring (bicyclic) bond motifs is 1. The molecule has 0 spiro atoms. The predicted molar refractivity (Wildman–Crippen MR) is 114 cm³/mol. The van der Waals surface area contributed by atoms with Gasteiger partial charge in [0.2, 0.25) is 5.91 Å². The number of methoxy groups -OCH3 is 1. The van der Waals surface area contributed by atoms with E-state index in [1.165, 1.54) is 4.90 Å². The van der Waals surface area contributed by atoms with Crippen LogP contribution in [0.3, 0.4) is 0 Å². The number of carbonyl (C=O) groups is 3. The molecule has 0 atom stereocenters. The SMILES string of the molecule is COc1ccc(CNC(=O)c2ccc3c(c2)N(CC(=O)N2CCCC2)C(=O)CO3)cc1. The molecule has 2 aliphatic rings. The van der Waals surface area contributed by atoms with Crippen molar-refractivity contribution in [3.8, 4) is 11.5 Å². The molecule has 0 aliphatic carbocycles. The van der Waals surface area contributed by atoms with Crippen molar-refractivity contribution < 1.29 is 23.9 Å². The van der Waals surface area contributed by atoms with Crippen LogP contribution in [0.2, 0.25) is 0 Å². The first-order valence-electron chi connectivity index (χ1n) is 10.3. The Morgan fingerprint density at radius 3 is 2.55 bits per heavy atom. The van der Waals surface area contributed by atoms with E-state index in [0.717, 1.165) is 37.2 Å². The van der Waals surface area contributed by atoms with Crippen LogP contribution in [0, 0.1) is 0 Å². The fourth-order valence-corrected chi connectivity index (χ4v) is 3.75. The number of amides is 3. The molecule has 0 aromatic heterocycles. The summed E-state index contributed by atoms with van der Waals surface area (Å²) in [6, 6.07) is 12.3. The van der Waals surface area contributed by atoms with Crippen LogP contribution in [0.15, 0.2) is 42.5 Å². The molecule has 1 saturated heterocycles. The van der Waals surface area contributed by atoms with Gasteiger partial charge in [0.1, 0.15) is 18.0 Å². The van der Waals surface area contributed by atoms with E-state index >= 15 is 0 Å². The lowest BCUT2D eigenvalue weighted by Gasteiger charge is -2.30. The van der Waals surface area contributed by atoms with Gasteiger partial charge in [0.25, 0.3) is 11.8 Å². The second-order valence-electron chi connectivity index (χ2n) is 7.57. The highest BCUT2D eigenvalue weighted by Gasteiger charge is 2.30. The summed E-state index contributed by atoms with van der Waals surface area (Å²) in [5, 5.41) is 2.87. The first-order chi connectivity index (χ1) is 15.0. The minimum Gasteiger partial charge on any atom is -0.497 e. The van der Waals surface area contributed by atoms with E-state index in [1.54, 1.807) is 30.2 Å². The zero-order chi connectivity index (χ0) is 21.8. The number of nitrogens with one attached hydrogen (secondary N) is 1. The van der Waals surface area contributed by atoms with Crippen molar-refractivity contribution >= 4 is 23.4 Å². The molecule has 0 saturated carbocycles.